The molecule has 2 aromatic rings. The number of rotatable bonds is 1. The van der Waals surface area contributed by atoms with Crippen molar-refractivity contribution in [2.45, 2.75) is 9.79 Å². The highest BCUT2D eigenvalue weighted by Crippen LogP contribution is 2.65. The van der Waals surface area contributed by atoms with Gasteiger partial charge in [-0.25, -0.2) is 4.98 Å². The molecular weight excluding hydrogens is 409 g/mol. The number of aromatic nitrogens is 2. The van der Waals surface area contributed by atoms with Crippen LogP contribution in [0.1, 0.15) is 0 Å². The van der Waals surface area contributed by atoms with E-state index in [1.165, 1.54) is 38.2 Å². The van der Waals surface area contributed by atoms with Crippen LogP contribution in [0.5, 0.6) is 0 Å². The van der Waals surface area contributed by atoms with Gasteiger partial charge >= 0.3 is 0 Å². The fourth-order valence-corrected chi connectivity index (χ4v) is 11.5. The van der Waals surface area contributed by atoms with E-state index in [-0.39, 0.29) is 0 Å². The van der Waals surface area contributed by atoms with E-state index in [9.17, 15) is 0 Å². The molecule has 0 unspecified atom stereocenters. The summed E-state index contributed by atoms with van der Waals surface area (Å²) < 4.78 is 8.10. The van der Waals surface area contributed by atoms with E-state index >= 15 is 0 Å². The molecule has 3 aliphatic rings. The molecule has 22 heavy (non-hydrogen) atoms. The van der Waals surface area contributed by atoms with Gasteiger partial charge in [-0.3, -0.25) is 4.57 Å². The van der Waals surface area contributed by atoms with E-state index in [0.29, 0.717) is 0 Å². The molecule has 0 fully saturated rings. The van der Waals surface area contributed by atoms with Gasteiger partial charge in [0.05, 0.1) is 16.9 Å². The zero-order valence-electron chi connectivity index (χ0n) is 11.0. The van der Waals surface area contributed by atoms with Crippen molar-refractivity contribution in [3.05, 3.63) is 40.9 Å². The van der Waals surface area contributed by atoms with Gasteiger partial charge in [0.25, 0.3) is 0 Å². The van der Waals surface area contributed by atoms with E-state index in [1.807, 2.05) is 82.1 Å². The Kier molecular flexibility index (Phi) is 4.10. The highest BCUT2D eigenvalue weighted by molar-refractivity contribution is 8.42. The van der Waals surface area contributed by atoms with E-state index in [1.54, 1.807) is 11.3 Å². The minimum absolute atomic E-state index is 1.04. The molecule has 0 bridgehead atoms. The molecule has 5 rings (SSSR count). The summed E-state index contributed by atoms with van der Waals surface area (Å²) in [5.74, 6) is 2.50. The SMILES string of the molecule is c1csc(-n2cc3c(c2)SC(=C2SC4=C(SCCS4)S2)S3)n1. The zero-order chi connectivity index (χ0) is 14.5. The zero-order valence-corrected chi connectivity index (χ0v) is 16.7. The molecule has 5 heterocycles. The summed E-state index contributed by atoms with van der Waals surface area (Å²) in [5.41, 5.74) is 0. The van der Waals surface area contributed by atoms with Gasteiger partial charge in [-0.15, -0.1) is 34.9 Å². The summed E-state index contributed by atoms with van der Waals surface area (Å²) >= 11 is 13.5. The van der Waals surface area contributed by atoms with E-state index in [0.717, 1.165) is 5.13 Å². The Bertz CT molecular complexity index is 757. The van der Waals surface area contributed by atoms with Crippen LogP contribution < -0.4 is 0 Å². The van der Waals surface area contributed by atoms with Crippen LogP contribution in [0.2, 0.25) is 0 Å². The quantitative estimate of drug-likeness (QED) is 0.532. The van der Waals surface area contributed by atoms with Gasteiger partial charge in [0.15, 0.2) is 5.13 Å². The van der Waals surface area contributed by atoms with Crippen LogP contribution in [0, 0.1) is 0 Å². The average Bonchev–Trinajstić information content (AvgIpc) is 3.27. The maximum Gasteiger partial charge on any atom is 0.193 e. The summed E-state index contributed by atoms with van der Waals surface area (Å²) in [5, 5.41) is 3.06. The van der Waals surface area contributed by atoms with Gasteiger partial charge in [0, 0.05) is 45.3 Å². The Labute approximate surface area is 157 Å². The van der Waals surface area contributed by atoms with Crippen LogP contribution in [0.25, 0.3) is 5.13 Å². The maximum absolute atomic E-state index is 4.38. The molecular formula is C13H8N2S7. The third kappa shape index (κ3) is 2.62. The van der Waals surface area contributed by atoms with Crippen molar-refractivity contribution in [2.24, 2.45) is 0 Å². The summed E-state index contributed by atoms with van der Waals surface area (Å²) in [4.78, 5) is 7.09. The first-order valence-corrected chi connectivity index (χ1v) is 12.6. The standard InChI is InChI=1S/C13H8N2S7/c1-2-18-13(14-1)15-5-7-8(6-15)20-11(19-7)12-21-9-10(22-12)17-4-3-16-9/h1-2,5-6H,3-4H2. The predicted molar refractivity (Wildman–Crippen MR) is 107 cm³/mol. The summed E-state index contributed by atoms with van der Waals surface area (Å²) in [6.45, 7) is 0. The highest BCUT2D eigenvalue weighted by Gasteiger charge is 2.31. The Balaban J connectivity index is 1.40. The monoisotopic (exact) mass is 416 g/mol. The Morgan fingerprint density at radius 1 is 0.818 bits per heavy atom. The predicted octanol–water partition coefficient (Wildman–Crippen LogP) is 6.34. The largest absolute Gasteiger partial charge is 0.298 e. The van der Waals surface area contributed by atoms with Crippen LogP contribution >= 0.6 is 81.9 Å². The minimum atomic E-state index is 1.04. The van der Waals surface area contributed by atoms with Crippen LogP contribution in [0.4, 0.5) is 0 Å². The molecule has 0 N–H and O–H groups in total. The number of thioether (sulfide) groups is 6. The van der Waals surface area contributed by atoms with Gasteiger partial charge < -0.3 is 0 Å². The molecule has 0 aliphatic carbocycles. The Morgan fingerprint density at radius 3 is 2.05 bits per heavy atom. The van der Waals surface area contributed by atoms with Crippen molar-refractivity contribution < 1.29 is 0 Å². The molecule has 2 aromatic heterocycles. The first-order chi connectivity index (χ1) is 10.9. The number of thiazole rings is 1. The smallest absolute Gasteiger partial charge is 0.193 e. The molecule has 0 atom stereocenters. The van der Waals surface area contributed by atoms with Gasteiger partial charge in [-0.2, -0.15) is 0 Å². The maximum atomic E-state index is 4.38. The lowest BCUT2D eigenvalue weighted by Gasteiger charge is -2.08. The fourth-order valence-electron chi connectivity index (χ4n) is 2.13. The Hall–Kier alpha value is 0.490. The Morgan fingerprint density at radius 2 is 1.45 bits per heavy atom. The molecule has 0 spiro atoms. The van der Waals surface area contributed by atoms with E-state index < -0.39 is 0 Å². The van der Waals surface area contributed by atoms with Crippen molar-refractivity contribution in [1.29, 1.82) is 0 Å². The van der Waals surface area contributed by atoms with Crippen LogP contribution in [-0.4, -0.2) is 21.1 Å². The highest BCUT2D eigenvalue weighted by atomic mass is 32.3. The normalized spacial score (nSPS) is 20.7. The molecule has 0 saturated carbocycles. The molecule has 2 nitrogen and oxygen atoms in total. The van der Waals surface area contributed by atoms with Crippen molar-refractivity contribution in [1.82, 2.24) is 9.55 Å². The molecule has 9 heteroatoms. The minimum Gasteiger partial charge on any atom is -0.298 e. The van der Waals surface area contributed by atoms with Gasteiger partial charge in [-0.1, -0.05) is 47.0 Å². The number of fused-ring (bicyclic) bond motifs is 1. The first-order valence-electron chi connectivity index (χ1n) is 6.44. The van der Waals surface area contributed by atoms with Crippen molar-refractivity contribution in [3.8, 4) is 5.13 Å². The second-order valence-corrected chi connectivity index (χ2v) is 12.7. The number of nitrogens with zero attached hydrogens (tertiary/aromatic N) is 2. The van der Waals surface area contributed by atoms with Crippen LogP contribution in [0.3, 0.4) is 0 Å². The third-order valence-electron chi connectivity index (χ3n) is 3.05. The summed E-state index contributed by atoms with van der Waals surface area (Å²) in [6, 6.07) is 0. The molecule has 0 amide bonds. The number of hydrogen-bond donors (Lipinski definition) is 0. The lowest BCUT2D eigenvalue weighted by atomic mass is 10.7. The molecule has 0 aromatic carbocycles. The third-order valence-corrected chi connectivity index (χ3v) is 12.6. The lowest BCUT2D eigenvalue weighted by molar-refractivity contribution is 1.04. The van der Waals surface area contributed by atoms with Crippen LogP contribution in [0.15, 0.2) is 50.7 Å². The van der Waals surface area contributed by atoms with Gasteiger partial charge in [-0.05, 0) is 0 Å². The van der Waals surface area contributed by atoms with Gasteiger partial charge in [0.2, 0.25) is 0 Å². The van der Waals surface area contributed by atoms with Crippen molar-refractivity contribution >= 4 is 81.9 Å². The number of hydrogen-bond acceptors (Lipinski definition) is 8. The second kappa shape index (κ2) is 6.09. The van der Waals surface area contributed by atoms with Crippen molar-refractivity contribution in [3.63, 3.8) is 0 Å². The fraction of sp³-hybridized carbons (Fsp3) is 0.154. The summed E-state index contributed by atoms with van der Waals surface area (Å²) in [7, 11) is 0. The molecule has 0 radical (unpaired) electrons. The molecule has 3 aliphatic heterocycles. The van der Waals surface area contributed by atoms with E-state index in [4.69, 9.17) is 0 Å². The van der Waals surface area contributed by atoms with E-state index in [2.05, 4.69) is 21.9 Å². The summed E-state index contributed by atoms with van der Waals surface area (Å²) in [6.07, 6.45) is 6.27. The topological polar surface area (TPSA) is 17.8 Å². The first kappa shape index (κ1) is 14.8. The second-order valence-electron chi connectivity index (χ2n) is 4.46. The average molecular weight is 417 g/mol. The van der Waals surface area contributed by atoms with Crippen molar-refractivity contribution in [2.75, 3.05) is 11.5 Å². The molecule has 112 valence electrons. The van der Waals surface area contributed by atoms with Gasteiger partial charge in [0.1, 0.15) is 0 Å². The molecule has 0 saturated heterocycles. The lowest BCUT2D eigenvalue weighted by Crippen LogP contribution is -1.88. The van der Waals surface area contributed by atoms with Crippen LogP contribution in [-0.2, 0) is 0 Å².